The van der Waals surface area contributed by atoms with Crippen molar-refractivity contribution in [2.75, 3.05) is 6.61 Å². The van der Waals surface area contributed by atoms with E-state index in [-0.39, 0.29) is 0 Å². The van der Waals surface area contributed by atoms with Gasteiger partial charge in [-0.25, -0.2) is 0 Å². The van der Waals surface area contributed by atoms with Crippen LogP contribution in [0.3, 0.4) is 0 Å². The highest BCUT2D eigenvalue weighted by atomic mass is 16.5. The molecule has 0 aliphatic carbocycles. The van der Waals surface area contributed by atoms with Crippen LogP contribution in [0, 0.1) is 0 Å². The molecule has 1 unspecified atom stereocenters. The van der Waals surface area contributed by atoms with Gasteiger partial charge in [0.05, 0.1) is 6.61 Å². The van der Waals surface area contributed by atoms with Crippen molar-refractivity contribution in [1.82, 2.24) is 0 Å². The number of aldehydes is 1. The third kappa shape index (κ3) is 2.42. The summed E-state index contributed by atoms with van der Waals surface area (Å²) in [5, 5.41) is 9.59. The highest BCUT2D eigenvalue weighted by molar-refractivity contribution is 5.61. The molecule has 0 amide bonds. The third-order valence-electron chi connectivity index (χ3n) is 2.93. The molecule has 1 aromatic rings. The topological polar surface area (TPSA) is 46.5 Å². The van der Waals surface area contributed by atoms with Crippen molar-refractivity contribution in [2.24, 2.45) is 0 Å². The summed E-state index contributed by atoms with van der Waals surface area (Å²) in [6, 6.07) is 6.06. The first kappa shape index (κ1) is 11.1. The molecule has 3 heteroatoms. The number of carbonyl (C=O) groups excluding carboxylic acids is 1. The second kappa shape index (κ2) is 4.26. The summed E-state index contributed by atoms with van der Waals surface area (Å²) in [7, 11) is 0. The van der Waals surface area contributed by atoms with Gasteiger partial charge >= 0.3 is 0 Å². The van der Waals surface area contributed by atoms with Crippen LogP contribution in [0.4, 0.5) is 0 Å². The Kier molecular flexibility index (Phi) is 2.97. The van der Waals surface area contributed by atoms with Crippen molar-refractivity contribution in [3.05, 3.63) is 29.3 Å². The average Bonchev–Trinajstić information content (AvgIpc) is 2.73. The first-order valence-electron chi connectivity index (χ1n) is 5.54. The Balaban J connectivity index is 2.03. The van der Waals surface area contributed by atoms with E-state index in [1.165, 1.54) is 12.5 Å². The average molecular weight is 220 g/mol. The van der Waals surface area contributed by atoms with E-state index in [0.29, 0.717) is 19.1 Å². The number of aryl methyl sites for hydroxylation is 1. The van der Waals surface area contributed by atoms with Gasteiger partial charge in [0, 0.05) is 6.42 Å². The number of hydrogen-bond donors (Lipinski definition) is 1. The van der Waals surface area contributed by atoms with Crippen molar-refractivity contribution >= 4 is 6.29 Å². The SMILES string of the molecule is CC(O)(C=O)CCc1ccc2c(c1)CCO2. The van der Waals surface area contributed by atoms with Crippen molar-refractivity contribution in [3.8, 4) is 5.75 Å². The van der Waals surface area contributed by atoms with E-state index in [1.54, 1.807) is 0 Å². The van der Waals surface area contributed by atoms with Crippen LogP contribution in [0.2, 0.25) is 0 Å². The van der Waals surface area contributed by atoms with Crippen LogP contribution < -0.4 is 4.74 Å². The number of benzene rings is 1. The molecular formula is C13H16O3. The first-order chi connectivity index (χ1) is 7.61. The summed E-state index contributed by atoms with van der Waals surface area (Å²) in [5.74, 6) is 0.964. The molecule has 1 aromatic carbocycles. The Labute approximate surface area is 95.0 Å². The van der Waals surface area contributed by atoms with E-state index in [0.717, 1.165) is 24.3 Å². The maximum atomic E-state index is 10.6. The van der Waals surface area contributed by atoms with Gasteiger partial charge in [0.1, 0.15) is 11.4 Å². The Hall–Kier alpha value is -1.35. The predicted molar refractivity (Wildman–Crippen MR) is 60.6 cm³/mol. The van der Waals surface area contributed by atoms with Gasteiger partial charge in [0.25, 0.3) is 0 Å². The fourth-order valence-corrected chi connectivity index (χ4v) is 1.85. The molecule has 1 N–H and O–H groups in total. The van der Waals surface area contributed by atoms with Crippen molar-refractivity contribution in [2.45, 2.75) is 31.8 Å². The van der Waals surface area contributed by atoms with E-state index in [1.807, 2.05) is 12.1 Å². The molecule has 1 heterocycles. The summed E-state index contributed by atoms with van der Waals surface area (Å²) in [4.78, 5) is 10.6. The molecule has 1 atom stereocenters. The minimum absolute atomic E-state index is 0.455. The second-order valence-corrected chi connectivity index (χ2v) is 4.52. The lowest BCUT2D eigenvalue weighted by Gasteiger charge is -2.15. The maximum Gasteiger partial charge on any atom is 0.151 e. The monoisotopic (exact) mass is 220 g/mol. The van der Waals surface area contributed by atoms with E-state index in [4.69, 9.17) is 4.74 Å². The van der Waals surface area contributed by atoms with Gasteiger partial charge in [-0.1, -0.05) is 12.1 Å². The number of rotatable bonds is 4. The van der Waals surface area contributed by atoms with Crippen molar-refractivity contribution in [3.63, 3.8) is 0 Å². The second-order valence-electron chi connectivity index (χ2n) is 4.52. The number of fused-ring (bicyclic) bond motifs is 1. The van der Waals surface area contributed by atoms with Gasteiger partial charge in [-0.3, -0.25) is 0 Å². The van der Waals surface area contributed by atoms with Gasteiger partial charge in [0.2, 0.25) is 0 Å². The zero-order valence-electron chi connectivity index (χ0n) is 9.40. The van der Waals surface area contributed by atoms with Crippen molar-refractivity contribution in [1.29, 1.82) is 0 Å². The van der Waals surface area contributed by atoms with Crippen molar-refractivity contribution < 1.29 is 14.6 Å². The molecule has 1 aliphatic rings. The molecule has 0 spiro atoms. The summed E-state index contributed by atoms with van der Waals surface area (Å²) in [5.41, 5.74) is 1.16. The van der Waals surface area contributed by atoms with Gasteiger partial charge < -0.3 is 14.6 Å². The number of ether oxygens (including phenoxy) is 1. The minimum Gasteiger partial charge on any atom is -0.493 e. The molecule has 0 saturated heterocycles. The number of carbonyl (C=O) groups is 1. The number of hydrogen-bond acceptors (Lipinski definition) is 3. The minimum atomic E-state index is -1.21. The largest absolute Gasteiger partial charge is 0.493 e. The summed E-state index contributed by atoms with van der Waals surface area (Å²) < 4.78 is 5.41. The quantitative estimate of drug-likeness (QED) is 0.782. The molecule has 0 saturated carbocycles. The van der Waals surface area contributed by atoms with Gasteiger partial charge in [-0.05, 0) is 37.0 Å². The Morgan fingerprint density at radius 1 is 1.56 bits per heavy atom. The maximum absolute atomic E-state index is 10.6. The first-order valence-corrected chi connectivity index (χ1v) is 5.54. The summed E-state index contributed by atoms with van der Waals surface area (Å²) in [6.45, 7) is 2.29. The highest BCUT2D eigenvalue weighted by Gasteiger charge is 2.19. The fraction of sp³-hybridized carbons (Fsp3) is 0.462. The van der Waals surface area contributed by atoms with Crippen LogP contribution in [-0.2, 0) is 17.6 Å². The molecule has 2 rings (SSSR count). The predicted octanol–water partition coefficient (Wildman–Crippen LogP) is 1.50. The van der Waals surface area contributed by atoms with Gasteiger partial charge in [0.15, 0.2) is 6.29 Å². The molecule has 86 valence electrons. The normalized spacial score (nSPS) is 17.4. The fourth-order valence-electron chi connectivity index (χ4n) is 1.85. The van der Waals surface area contributed by atoms with E-state index in [9.17, 15) is 9.90 Å². The van der Waals surface area contributed by atoms with Crippen LogP contribution in [0.5, 0.6) is 5.75 Å². The highest BCUT2D eigenvalue weighted by Crippen LogP contribution is 2.26. The molecule has 0 bridgehead atoms. The summed E-state index contributed by atoms with van der Waals surface area (Å²) >= 11 is 0. The lowest BCUT2D eigenvalue weighted by Crippen LogP contribution is -2.26. The van der Waals surface area contributed by atoms with Gasteiger partial charge in [-0.2, -0.15) is 0 Å². The molecule has 0 aromatic heterocycles. The van der Waals surface area contributed by atoms with E-state index < -0.39 is 5.60 Å². The van der Waals surface area contributed by atoms with Crippen LogP contribution in [0.25, 0.3) is 0 Å². The molecular weight excluding hydrogens is 204 g/mol. The van der Waals surface area contributed by atoms with Crippen LogP contribution >= 0.6 is 0 Å². The Morgan fingerprint density at radius 3 is 3.12 bits per heavy atom. The molecule has 3 nitrogen and oxygen atoms in total. The van der Waals surface area contributed by atoms with Gasteiger partial charge in [-0.15, -0.1) is 0 Å². The van der Waals surface area contributed by atoms with Crippen LogP contribution in [-0.4, -0.2) is 23.6 Å². The van der Waals surface area contributed by atoms with E-state index >= 15 is 0 Å². The summed E-state index contributed by atoms with van der Waals surface area (Å²) in [6.07, 6.45) is 2.71. The number of aliphatic hydroxyl groups is 1. The molecule has 0 radical (unpaired) electrons. The lowest BCUT2D eigenvalue weighted by molar-refractivity contribution is -0.122. The smallest absolute Gasteiger partial charge is 0.151 e. The van der Waals surface area contributed by atoms with E-state index in [2.05, 4.69) is 6.07 Å². The van der Waals surface area contributed by atoms with Crippen LogP contribution in [0.15, 0.2) is 18.2 Å². The molecule has 16 heavy (non-hydrogen) atoms. The Morgan fingerprint density at radius 2 is 2.38 bits per heavy atom. The zero-order valence-corrected chi connectivity index (χ0v) is 9.40. The molecule has 0 fully saturated rings. The Bertz CT molecular complexity index is 396. The zero-order chi connectivity index (χ0) is 11.6. The third-order valence-corrected chi connectivity index (χ3v) is 2.93. The van der Waals surface area contributed by atoms with Crippen LogP contribution in [0.1, 0.15) is 24.5 Å². The lowest BCUT2D eigenvalue weighted by atomic mass is 9.97. The molecule has 1 aliphatic heterocycles. The standard InChI is InChI=1S/C13H16O3/c1-13(15,9-14)6-4-10-2-3-12-11(8-10)5-7-16-12/h2-3,8-9,15H,4-7H2,1H3.